The van der Waals surface area contributed by atoms with Crippen LogP contribution in [0, 0.1) is 6.92 Å². The van der Waals surface area contributed by atoms with Gasteiger partial charge in [-0.2, -0.15) is 5.10 Å². The number of aryl methyl sites for hydroxylation is 1. The molecule has 2 aromatic carbocycles. The molecular formula is C19H14ClN3O. The standard InChI is InChI=1S/C19H14ClN3O/c1-12-15(18(20)23(22-12)13-7-3-2-4-8-13)11-16-14-9-5-6-10-17(14)21-19(16)24/h2-11H,1H3,(H,21,24). The Morgan fingerprint density at radius 1 is 1.08 bits per heavy atom. The Hall–Kier alpha value is -2.85. The van der Waals surface area contributed by atoms with Gasteiger partial charge in [-0.1, -0.05) is 48.0 Å². The zero-order valence-corrected chi connectivity index (χ0v) is 13.7. The summed E-state index contributed by atoms with van der Waals surface area (Å²) >= 11 is 6.54. The normalized spacial score (nSPS) is 14.8. The second-order valence-electron chi connectivity index (χ2n) is 5.59. The highest BCUT2D eigenvalue weighted by molar-refractivity contribution is 6.36. The minimum atomic E-state index is -0.126. The van der Waals surface area contributed by atoms with Crippen LogP contribution in [0.4, 0.5) is 5.69 Å². The average molecular weight is 336 g/mol. The van der Waals surface area contributed by atoms with E-state index in [1.165, 1.54) is 0 Å². The number of carbonyl (C=O) groups excluding carboxylic acids is 1. The van der Waals surface area contributed by atoms with Crippen LogP contribution in [-0.4, -0.2) is 15.7 Å². The van der Waals surface area contributed by atoms with E-state index in [2.05, 4.69) is 10.4 Å². The molecule has 1 aliphatic heterocycles. The largest absolute Gasteiger partial charge is 0.321 e. The van der Waals surface area contributed by atoms with E-state index in [1.54, 1.807) is 4.68 Å². The minimum Gasteiger partial charge on any atom is -0.321 e. The summed E-state index contributed by atoms with van der Waals surface area (Å²) in [4.78, 5) is 12.3. The van der Waals surface area contributed by atoms with E-state index in [1.807, 2.05) is 67.6 Å². The van der Waals surface area contributed by atoms with E-state index < -0.39 is 0 Å². The predicted octanol–water partition coefficient (Wildman–Crippen LogP) is 4.33. The van der Waals surface area contributed by atoms with Crippen molar-refractivity contribution in [2.24, 2.45) is 0 Å². The molecule has 4 nitrogen and oxygen atoms in total. The van der Waals surface area contributed by atoms with Gasteiger partial charge in [0, 0.05) is 22.4 Å². The van der Waals surface area contributed by atoms with Crippen molar-refractivity contribution in [1.82, 2.24) is 9.78 Å². The van der Waals surface area contributed by atoms with Crippen molar-refractivity contribution in [1.29, 1.82) is 0 Å². The van der Waals surface area contributed by atoms with Gasteiger partial charge in [-0.25, -0.2) is 4.68 Å². The maximum atomic E-state index is 12.3. The fourth-order valence-corrected chi connectivity index (χ4v) is 3.17. The molecule has 24 heavy (non-hydrogen) atoms. The highest BCUT2D eigenvalue weighted by atomic mass is 35.5. The topological polar surface area (TPSA) is 46.9 Å². The van der Waals surface area contributed by atoms with Crippen LogP contribution in [0.15, 0.2) is 54.6 Å². The Bertz CT molecular complexity index is 974. The second-order valence-corrected chi connectivity index (χ2v) is 5.95. The van der Waals surface area contributed by atoms with Crippen molar-refractivity contribution in [3.8, 4) is 5.69 Å². The average Bonchev–Trinajstić information content (AvgIpc) is 3.07. The van der Waals surface area contributed by atoms with Gasteiger partial charge in [0.15, 0.2) is 0 Å². The van der Waals surface area contributed by atoms with Gasteiger partial charge in [0.2, 0.25) is 0 Å². The first-order valence-electron chi connectivity index (χ1n) is 7.58. The molecule has 3 aromatic rings. The van der Waals surface area contributed by atoms with E-state index in [0.717, 1.165) is 28.2 Å². The molecule has 2 heterocycles. The fraction of sp³-hybridized carbons (Fsp3) is 0.0526. The number of carbonyl (C=O) groups is 1. The molecule has 0 unspecified atom stereocenters. The molecule has 0 bridgehead atoms. The maximum absolute atomic E-state index is 12.3. The van der Waals surface area contributed by atoms with E-state index in [4.69, 9.17) is 11.6 Å². The third kappa shape index (κ3) is 2.32. The van der Waals surface area contributed by atoms with Crippen LogP contribution in [-0.2, 0) is 4.79 Å². The molecule has 0 atom stereocenters. The Labute approximate surface area is 144 Å². The minimum absolute atomic E-state index is 0.126. The summed E-state index contributed by atoms with van der Waals surface area (Å²) in [6.45, 7) is 1.89. The summed E-state index contributed by atoms with van der Waals surface area (Å²) in [6, 6.07) is 17.3. The molecule has 118 valence electrons. The highest BCUT2D eigenvalue weighted by Gasteiger charge is 2.25. The molecule has 0 fully saturated rings. The summed E-state index contributed by atoms with van der Waals surface area (Å²) in [5.74, 6) is -0.126. The quantitative estimate of drug-likeness (QED) is 0.709. The number of rotatable bonds is 2. The fourth-order valence-electron chi connectivity index (χ4n) is 2.84. The van der Waals surface area contributed by atoms with Crippen LogP contribution in [0.5, 0.6) is 0 Å². The van der Waals surface area contributed by atoms with Gasteiger partial charge in [-0.3, -0.25) is 4.79 Å². The van der Waals surface area contributed by atoms with Gasteiger partial charge >= 0.3 is 0 Å². The number of anilines is 1. The number of benzene rings is 2. The lowest BCUT2D eigenvalue weighted by Crippen LogP contribution is -2.03. The number of fused-ring (bicyclic) bond motifs is 1. The van der Waals surface area contributed by atoms with Crippen molar-refractivity contribution in [3.05, 3.63) is 76.6 Å². The number of hydrogen-bond donors (Lipinski definition) is 1. The molecule has 1 aromatic heterocycles. The molecule has 0 saturated carbocycles. The number of amides is 1. The molecule has 1 amide bonds. The first-order valence-corrected chi connectivity index (χ1v) is 7.96. The van der Waals surface area contributed by atoms with Crippen LogP contribution >= 0.6 is 11.6 Å². The first kappa shape index (κ1) is 14.7. The van der Waals surface area contributed by atoms with Crippen molar-refractivity contribution in [3.63, 3.8) is 0 Å². The zero-order chi connectivity index (χ0) is 16.7. The Morgan fingerprint density at radius 2 is 1.79 bits per heavy atom. The lowest BCUT2D eigenvalue weighted by Gasteiger charge is -2.02. The van der Waals surface area contributed by atoms with Gasteiger partial charge in [-0.15, -0.1) is 0 Å². The molecule has 0 aliphatic carbocycles. The van der Waals surface area contributed by atoms with Crippen LogP contribution in [0.2, 0.25) is 5.15 Å². The van der Waals surface area contributed by atoms with Crippen molar-refractivity contribution < 1.29 is 4.79 Å². The van der Waals surface area contributed by atoms with Gasteiger partial charge in [0.25, 0.3) is 5.91 Å². The first-order chi connectivity index (χ1) is 11.6. The summed E-state index contributed by atoms with van der Waals surface area (Å²) in [5.41, 5.74) is 4.70. The van der Waals surface area contributed by atoms with Gasteiger partial charge in [0.1, 0.15) is 5.15 Å². The lowest BCUT2D eigenvalue weighted by atomic mass is 10.0. The van der Waals surface area contributed by atoms with E-state index in [0.29, 0.717) is 10.7 Å². The molecule has 5 heteroatoms. The molecule has 1 N–H and O–H groups in total. The summed E-state index contributed by atoms with van der Waals surface area (Å²) in [7, 11) is 0. The van der Waals surface area contributed by atoms with Gasteiger partial charge < -0.3 is 5.32 Å². The number of nitrogens with one attached hydrogen (secondary N) is 1. The third-order valence-electron chi connectivity index (χ3n) is 4.05. The molecular weight excluding hydrogens is 322 g/mol. The van der Waals surface area contributed by atoms with E-state index >= 15 is 0 Å². The Morgan fingerprint density at radius 3 is 2.58 bits per heavy atom. The summed E-state index contributed by atoms with van der Waals surface area (Å²) in [5, 5.41) is 7.87. The van der Waals surface area contributed by atoms with Crippen molar-refractivity contribution >= 4 is 34.8 Å². The third-order valence-corrected chi connectivity index (χ3v) is 4.41. The van der Waals surface area contributed by atoms with Crippen LogP contribution in [0.1, 0.15) is 16.8 Å². The number of hydrogen-bond acceptors (Lipinski definition) is 2. The molecule has 4 rings (SSSR count). The maximum Gasteiger partial charge on any atom is 0.256 e. The van der Waals surface area contributed by atoms with Crippen LogP contribution < -0.4 is 5.32 Å². The Kier molecular flexibility index (Phi) is 3.47. The van der Waals surface area contributed by atoms with E-state index in [-0.39, 0.29) is 5.91 Å². The monoisotopic (exact) mass is 335 g/mol. The van der Waals surface area contributed by atoms with Crippen molar-refractivity contribution in [2.45, 2.75) is 6.92 Å². The molecule has 0 radical (unpaired) electrons. The van der Waals surface area contributed by atoms with Crippen LogP contribution in [0.3, 0.4) is 0 Å². The second kappa shape index (κ2) is 5.65. The van der Waals surface area contributed by atoms with Gasteiger partial charge in [-0.05, 0) is 31.2 Å². The highest BCUT2D eigenvalue weighted by Crippen LogP contribution is 2.35. The number of nitrogens with zero attached hydrogens (tertiary/aromatic N) is 2. The Balaban J connectivity index is 1.84. The van der Waals surface area contributed by atoms with Crippen LogP contribution in [0.25, 0.3) is 17.3 Å². The predicted molar refractivity (Wildman–Crippen MR) is 96.3 cm³/mol. The number of aromatic nitrogens is 2. The summed E-state index contributed by atoms with van der Waals surface area (Å²) < 4.78 is 1.68. The van der Waals surface area contributed by atoms with Crippen molar-refractivity contribution in [2.75, 3.05) is 5.32 Å². The molecule has 0 saturated heterocycles. The van der Waals surface area contributed by atoms with E-state index in [9.17, 15) is 4.79 Å². The zero-order valence-electron chi connectivity index (χ0n) is 13.0. The number of halogens is 1. The molecule has 1 aliphatic rings. The van der Waals surface area contributed by atoms with Gasteiger partial charge in [0.05, 0.1) is 11.4 Å². The smallest absolute Gasteiger partial charge is 0.256 e. The lowest BCUT2D eigenvalue weighted by molar-refractivity contribution is -0.110. The number of para-hydroxylation sites is 2. The molecule has 0 spiro atoms. The SMILES string of the molecule is Cc1nn(-c2ccccc2)c(Cl)c1C=C1C(=O)Nc2ccccc21. The summed E-state index contributed by atoms with van der Waals surface area (Å²) in [6.07, 6.45) is 1.81.